The highest BCUT2D eigenvalue weighted by Crippen LogP contribution is 2.37. The fourth-order valence-corrected chi connectivity index (χ4v) is 5.92. The molecule has 2 heterocycles. The van der Waals surface area contributed by atoms with Gasteiger partial charge in [0.15, 0.2) is 12.6 Å². The van der Waals surface area contributed by atoms with Gasteiger partial charge in [-0.05, 0) is 36.9 Å². The molecule has 16 heteroatoms. The first-order valence-corrected chi connectivity index (χ1v) is 17.5. The van der Waals surface area contributed by atoms with Crippen LogP contribution in [0.15, 0.2) is 96.1 Å². The number of carbonyl (C=O) groups is 4. The molecular formula is C38H44N6O10. The number of primary amides is 1. The Hall–Kier alpha value is -5.35. The summed E-state index contributed by atoms with van der Waals surface area (Å²) in [5.41, 5.74) is 17.5. The van der Waals surface area contributed by atoms with Crippen LogP contribution in [0, 0.1) is 0 Å². The van der Waals surface area contributed by atoms with Crippen LogP contribution in [0.4, 0.5) is 0 Å². The molecule has 2 aliphatic heterocycles. The fraction of sp³-hybridized carbons (Fsp3) is 0.421. The van der Waals surface area contributed by atoms with E-state index in [1.165, 1.54) is 13.8 Å². The molecule has 9 atom stereocenters. The summed E-state index contributed by atoms with van der Waals surface area (Å²) in [6, 6.07) is 24.2. The second-order valence-electron chi connectivity index (χ2n) is 12.8. The Kier molecular flexibility index (Phi) is 14.5. The predicted octanol–water partition coefficient (Wildman–Crippen LogP) is 3.49. The van der Waals surface area contributed by atoms with Crippen molar-refractivity contribution >= 4 is 23.7 Å². The maximum Gasteiger partial charge on any atom is 0.306 e. The molecular weight excluding hydrogens is 700 g/mol. The maximum atomic E-state index is 13.5. The molecule has 54 heavy (non-hydrogen) atoms. The first kappa shape index (κ1) is 39.8. The minimum absolute atomic E-state index is 0.0599. The van der Waals surface area contributed by atoms with Crippen LogP contribution in [-0.4, -0.2) is 79.1 Å². The number of azide groups is 1. The Morgan fingerprint density at radius 1 is 0.889 bits per heavy atom. The minimum Gasteiger partial charge on any atom is -0.461 e. The highest BCUT2D eigenvalue weighted by molar-refractivity contribution is 5.92. The number of amides is 3. The summed E-state index contributed by atoms with van der Waals surface area (Å²) in [6.45, 7) is 3.16. The molecule has 286 valence electrons. The Labute approximate surface area is 312 Å². The number of nitrogens with one attached hydrogen (secondary N) is 2. The third-order valence-corrected chi connectivity index (χ3v) is 8.84. The van der Waals surface area contributed by atoms with Crippen LogP contribution < -0.4 is 16.4 Å². The van der Waals surface area contributed by atoms with Crippen LogP contribution in [0.1, 0.15) is 49.7 Å². The van der Waals surface area contributed by atoms with E-state index in [4.69, 9.17) is 34.2 Å². The van der Waals surface area contributed by atoms with Gasteiger partial charge >= 0.3 is 5.97 Å². The normalized spacial score (nSPS) is 23.7. The van der Waals surface area contributed by atoms with E-state index >= 15 is 0 Å². The quantitative estimate of drug-likeness (QED) is 0.0790. The first-order valence-electron chi connectivity index (χ1n) is 17.5. The number of esters is 1. The zero-order valence-corrected chi connectivity index (χ0v) is 29.9. The van der Waals surface area contributed by atoms with Gasteiger partial charge in [0.25, 0.3) is 0 Å². The van der Waals surface area contributed by atoms with Crippen molar-refractivity contribution in [1.29, 1.82) is 0 Å². The Morgan fingerprint density at radius 3 is 2.15 bits per heavy atom. The molecule has 0 saturated carbocycles. The van der Waals surface area contributed by atoms with Gasteiger partial charge in [-0.15, -0.1) is 0 Å². The molecule has 0 aliphatic carbocycles. The smallest absolute Gasteiger partial charge is 0.306 e. The lowest BCUT2D eigenvalue weighted by atomic mass is 9.95. The van der Waals surface area contributed by atoms with Crippen molar-refractivity contribution in [1.82, 2.24) is 10.6 Å². The Balaban J connectivity index is 1.22. The van der Waals surface area contributed by atoms with Crippen LogP contribution in [0.3, 0.4) is 0 Å². The molecule has 3 aromatic carbocycles. The van der Waals surface area contributed by atoms with E-state index in [1.807, 2.05) is 78.9 Å². The van der Waals surface area contributed by atoms with Crippen LogP contribution >= 0.6 is 0 Å². The lowest BCUT2D eigenvalue weighted by Crippen LogP contribution is -2.63. The third-order valence-electron chi connectivity index (χ3n) is 8.84. The SMILES string of the molecule is C[C@H](NC(=O)[C@@H](C)O[C@@H]1C(N=[N+]=[N-])[C@@H](OCc2ccccc2)O[C@@H]2CO[C@@H](c3ccccc3)O[C@@H]12)C(=O)N[C@H](CCC(=O)OCc1ccccc1)C(N)=O. The molecule has 2 fully saturated rings. The van der Waals surface area contributed by atoms with Crippen molar-refractivity contribution in [3.63, 3.8) is 0 Å². The zero-order chi connectivity index (χ0) is 38.5. The number of benzene rings is 3. The van der Waals surface area contributed by atoms with Crippen molar-refractivity contribution in [3.8, 4) is 0 Å². The van der Waals surface area contributed by atoms with E-state index in [9.17, 15) is 24.7 Å². The Bertz CT molecular complexity index is 1750. The van der Waals surface area contributed by atoms with Gasteiger partial charge in [0.05, 0.1) is 13.2 Å². The van der Waals surface area contributed by atoms with E-state index in [0.29, 0.717) is 0 Å². The van der Waals surface area contributed by atoms with Crippen LogP contribution in [-0.2, 0) is 60.8 Å². The number of nitrogens with two attached hydrogens (primary N) is 1. The number of rotatable bonds is 17. The number of hydrogen-bond acceptors (Lipinski definition) is 11. The average Bonchev–Trinajstić information content (AvgIpc) is 3.19. The van der Waals surface area contributed by atoms with Gasteiger partial charge in [-0.2, -0.15) is 0 Å². The van der Waals surface area contributed by atoms with Gasteiger partial charge < -0.3 is 44.8 Å². The molecule has 3 amide bonds. The number of hydrogen-bond donors (Lipinski definition) is 3. The standard InChI is InChI=1S/C38H44N6O10/c1-23(35(47)42-28(34(39)46)18-19-30(45)49-20-25-12-6-3-7-13-25)41-36(48)24(2)52-33-31(43-44-40)38(50-21-26-14-8-4-9-15-26)53-29-22-51-37(54-32(29)33)27-16-10-5-11-17-27/h3-17,23-24,28-29,31-33,37-38H,18-22H2,1-2H3,(H2,39,46)(H,41,48)(H,42,47)/t23-,24+,28+,29+,31?,32+,33+,37+,38-/m0/s1. The van der Waals surface area contributed by atoms with Gasteiger partial charge in [0.2, 0.25) is 17.7 Å². The highest BCUT2D eigenvalue weighted by Gasteiger charge is 2.52. The average molecular weight is 745 g/mol. The van der Waals surface area contributed by atoms with Crippen molar-refractivity contribution in [2.45, 2.75) is 95.0 Å². The predicted molar refractivity (Wildman–Crippen MR) is 191 cm³/mol. The topological polar surface area (TPSA) is 222 Å². The molecule has 3 aromatic rings. The van der Waals surface area contributed by atoms with E-state index in [1.54, 1.807) is 12.1 Å². The van der Waals surface area contributed by atoms with Crippen molar-refractivity contribution < 1.29 is 47.6 Å². The highest BCUT2D eigenvalue weighted by atomic mass is 16.8. The lowest BCUT2D eigenvalue weighted by molar-refractivity contribution is -0.349. The van der Waals surface area contributed by atoms with Crippen molar-refractivity contribution in [2.24, 2.45) is 10.8 Å². The van der Waals surface area contributed by atoms with E-state index in [0.717, 1.165) is 16.7 Å². The number of fused-ring (bicyclic) bond motifs is 1. The molecule has 5 rings (SSSR count). The van der Waals surface area contributed by atoms with Gasteiger partial charge in [0, 0.05) is 16.9 Å². The molecule has 0 aromatic heterocycles. The molecule has 0 spiro atoms. The summed E-state index contributed by atoms with van der Waals surface area (Å²) in [4.78, 5) is 54.0. The largest absolute Gasteiger partial charge is 0.461 e. The summed E-state index contributed by atoms with van der Waals surface area (Å²) in [5.74, 6) is -2.84. The number of ether oxygens (including phenoxy) is 6. The summed E-state index contributed by atoms with van der Waals surface area (Å²) in [5, 5.41) is 9.03. The molecule has 2 saturated heterocycles. The summed E-state index contributed by atoms with van der Waals surface area (Å²) in [6.07, 6.45) is -6.01. The van der Waals surface area contributed by atoms with Crippen LogP contribution in [0.2, 0.25) is 0 Å². The molecule has 4 N–H and O–H groups in total. The summed E-state index contributed by atoms with van der Waals surface area (Å²) < 4.78 is 36.2. The van der Waals surface area contributed by atoms with E-state index < -0.39 is 78.8 Å². The first-order chi connectivity index (χ1) is 26.1. The number of nitrogens with zero attached hydrogens (tertiary/aromatic N) is 3. The van der Waals surface area contributed by atoms with E-state index in [-0.39, 0.29) is 32.7 Å². The van der Waals surface area contributed by atoms with Crippen LogP contribution in [0.5, 0.6) is 0 Å². The van der Waals surface area contributed by atoms with Gasteiger partial charge in [-0.25, -0.2) is 0 Å². The van der Waals surface area contributed by atoms with Gasteiger partial charge in [0.1, 0.15) is 49.1 Å². The molecule has 16 nitrogen and oxygen atoms in total. The molecule has 0 radical (unpaired) electrons. The summed E-state index contributed by atoms with van der Waals surface area (Å²) >= 11 is 0. The van der Waals surface area contributed by atoms with Crippen LogP contribution in [0.25, 0.3) is 10.4 Å². The van der Waals surface area contributed by atoms with Gasteiger partial charge in [-0.3, -0.25) is 19.2 Å². The molecule has 0 bridgehead atoms. The minimum atomic E-state index is -1.21. The van der Waals surface area contributed by atoms with Crippen molar-refractivity contribution in [2.75, 3.05) is 6.61 Å². The Morgan fingerprint density at radius 2 is 1.52 bits per heavy atom. The number of carbonyl (C=O) groups excluding carboxylic acids is 4. The third kappa shape index (κ3) is 11.1. The second kappa shape index (κ2) is 19.6. The molecule has 1 unspecified atom stereocenters. The molecule has 2 aliphatic rings. The zero-order valence-electron chi connectivity index (χ0n) is 29.9. The van der Waals surface area contributed by atoms with Gasteiger partial charge in [-0.1, -0.05) is 96.1 Å². The second-order valence-corrected chi connectivity index (χ2v) is 12.8. The summed E-state index contributed by atoms with van der Waals surface area (Å²) in [7, 11) is 0. The van der Waals surface area contributed by atoms with E-state index in [2.05, 4.69) is 20.7 Å². The lowest BCUT2D eigenvalue weighted by Gasteiger charge is -2.48. The maximum absolute atomic E-state index is 13.5. The fourth-order valence-electron chi connectivity index (χ4n) is 5.92. The van der Waals surface area contributed by atoms with Crippen molar-refractivity contribution in [3.05, 3.63) is 118 Å². The monoisotopic (exact) mass is 744 g/mol.